The van der Waals surface area contributed by atoms with Crippen LogP contribution in [0.4, 0.5) is 0 Å². The number of amides is 1. The van der Waals surface area contributed by atoms with Crippen molar-refractivity contribution in [1.82, 2.24) is 15.1 Å². The van der Waals surface area contributed by atoms with E-state index < -0.39 is 0 Å². The molecule has 2 aromatic rings. The molecule has 0 aliphatic heterocycles. The Balaban J connectivity index is 2.38. The zero-order chi connectivity index (χ0) is 13.8. The molecular formula is C14H16ClN3O. The fraction of sp³-hybridized carbons (Fsp3) is 0.286. The number of nitrogens with one attached hydrogen (secondary N) is 1. The Morgan fingerprint density at radius 1 is 1.37 bits per heavy atom. The molecule has 1 aromatic carbocycles. The van der Waals surface area contributed by atoms with Gasteiger partial charge in [-0.1, -0.05) is 36.7 Å². The highest BCUT2D eigenvalue weighted by molar-refractivity contribution is 6.33. The second-order valence-corrected chi connectivity index (χ2v) is 4.61. The summed E-state index contributed by atoms with van der Waals surface area (Å²) in [5.41, 5.74) is 1.91. The average molecular weight is 278 g/mol. The fourth-order valence-corrected chi connectivity index (χ4v) is 2.18. The number of rotatable bonds is 4. The predicted molar refractivity (Wildman–Crippen MR) is 75.9 cm³/mol. The van der Waals surface area contributed by atoms with Gasteiger partial charge in [0, 0.05) is 6.54 Å². The lowest BCUT2D eigenvalue weighted by Crippen LogP contribution is -2.24. The van der Waals surface area contributed by atoms with Gasteiger partial charge in [0.2, 0.25) is 0 Å². The molecule has 0 aliphatic carbocycles. The van der Waals surface area contributed by atoms with Gasteiger partial charge in [0.1, 0.15) is 5.15 Å². The maximum atomic E-state index is 12.0. The van der Waals surface area contributed by atoms with Crippen molar-refractivity contribution in [2.45, 2.75) is 20.3 Å². The van der Waals surface area contributed by atoms with E-state index in [2.05, 4.69) is 10.4 Å². The third kappa shape index (κ3) is 2.79. The Labute approximate surface area is 117 Å². The molecule has 1 aromatic heterocycles. The summed E-state index contributed by atoms with van der Waals surface area (Å²) in [7, 11) is 0. The number of benzene rings is 1. The molecule has 0 bridgehead atoms. The van der Waals surface area contributed by atoms with Crippen molar-refractivity contribution in [1.29, 1.82) is 0 Å². The minimum Gasteiger partial charge on any atom is -0.352 e. The van der Waals surface area contributed by atoms with Crippen LogP contribution in [0.3, 0.4) is 0 Å². The molecule has 0 saturated heterocycles. The third-order valence-corrected chi connectivity index (χ3v) is 3.12. The van der Waals surface area contributed by atoms with Gasteiger partial charge < -0.3 is 5.32 Å². The second-order valence-electron chi connectivity index (χ2n) is 4.25. The van der Waals surface area contributed by atoms with Gasteiger partial charge in [-0.05, 0) is 25.5 Å². The molecule has 0 atom stereocenters. The van der Waals surface area contributed by atoms with Crippen molar-refractivity contribution >= 4 is 17.5 Å². The zero-order valence-corrected chi connectivity index (χ0v) is 11.7. The molecule has 0 radical (unpaired) electrons. The van der Waals surface area contributed by atoms with Gasteiger partial charge in [-0.2, -0.15) is 5.10 Å². The minimum absolute atomic E-state index is 0.175. The van der Waals surface area contributed by atoms with Crippen molar-refractivity contribution in [2.24, 2.45) is 0 Å². The van der Waals surface area contributed by atoms with Gasteiger partial charge in [0.05, 0.1) is 16.9 Å². The summed E-state index contributed by atoms with van der Waals surface area (Å²) < 4.78 is 1.58. The number of nitrogens with zero attached hydrogens (tertiary/aromatic N) is 2. The lowest BCUT2D eigenvalue weighted by molar-refractivity contribution is 0.0953. The van der Waals surface area contributed by atoms with Crippen LogP contribution < -0.4 is 5.32 Å². The Bertz CT molecular complexity index is 578. The van der Waals surface area contributed by atoms with E-state index in [1.807, 2.05) is 37.3 Å². The first-order valence-electron chi connectivity index (χ1n) is 6.24. The Kier molecular flexibility index (Phi) is 4.22. The van der Waals surface area contributed by atoms with Crippen molar-refractivity contribution in [2.75, 3.05) is 6.54 Å². The summed E-state index contributed by atoms with van der Waals surface area (Å²) in [5, 5.41) is 7.50. The standard InChI is InChI=1S/C14H16ClN3O/c1-3-9-16-14(19)12-10(2)17-18(13(12)15)11-7-5-4-6-8-11/h4-8H,3,9H2,1-2H3,(H,16,19). The van der Waals surface area contributed by atoms with Gasteiger partial charge in [-0.15, -0.1) is 0 Å². The van der Waals surface area contributed by atoms with Crippen molar-refractivity contribution in [3.05, 3.63) is 46.7 Å². The Morgan fingerprint density at radius 2 is 2.05 bits per heavy atom. The van der Waals surface area contributed by atoms with E-state index in [0.717, 1.165) is 12.1 Å². The molecule has 100 valence electrons. The molecule has 1 N–H and O–H groups in total. The molecular weight excluding hydrogens is 262 g/mol. The SMILES string of the molecule is CCCNC(=O)c1c(C)nn(-c2ccccc2)c1Cl. The van der Waals surface area contributed by atoms with Gasteiger partial charge in [-0.25, -0.2) is 4.68 Å². The van der Waals surface area contributed by atoms with Crippen LogP contribution >= 0.6 is 11.6 Å². The monoisotopic (exact) mass is 277 g/mol. The molecule has 1 amide bonds. The number of para-hydroxylation sites is 1. The van der Waals surface area contributed by atoms with Crippen LogP contribution in [0.1, 0.15) is 29.4 Å². The van der Waals surface area contributed by atoms with Crippen LogP contribution in [0, 0.1) is 6.92 Å². The number of aromatic nitrogens is 2. The normalized spacial score (nSPS) is 10.5. The smallest absolute Gasteiger partial charge is 0.256 e. The van der Waals surface area contributed by atoms with Crippen LogP contribution in [0.2, 0.25) is 5.15 Å². The van der Waals surface area contributed by atoms with Gasteiger partial charge >= 0.3 is 0 Å². The van der Waals surface area contributed by atoms with Crippen LogP contribution in [0.15, 0.2) is 30.3 Å². The highest BCUT2D eigenvalue weighted by Crippen LogP contribution is 2.23. The van der Waals surface area contributed by atoms with Crippen LogP contribution in [-0.4, -0.2) is 22.2 Å². The maximum Gasteiger partial charge on any atom is 0.256 e. The van der Waals surface area contributed by atoms with E-state index in [-0.39, 0.29) is 5.91 Å². The third-order valence-electron chi connectivity index (χ3n) is 2.77. The fourth-order valence-electron chi connectivity index (χ4n) is 1.82. The second kappa shape index (κ2) is 5.89. The van der Waals surface area contributed by atoms with E-state index in [1.165, 1.54) is 0 Å². The van der Waals surface area contributed by atoms with E-state index in [4.69, 9.17) is 11.6 Å². The highest BCUT2D eigenvalue weighted by Gasteiger charge is 2.20. The molecule has 2 rings (SSSR count). The van der Waals surface area contributed by atoms with E-state index >= 15 is 0 Å². The Morgan fingerprint density at radius 3 is 2.68 bits per heavy atom. The first-order valence-corrected chi connectivity index (χ1v) is 6.61. The van der Waals surface area contributed by atoms with Crippen LogP contribution in [0.5, 0.6) is 0 Å². The first kappa shape index (κ1) is 13.6. The summed E-state index contributed by atoms with van der Waals surface area (Å²) >= 11 is 6.28. The lowest BCUT2D eigenvalue weighted by atomic mass is 10.2. The van der Waals surface area contributed by atoms with Crippen molar-refractivity contribution in [3.8, 4) is 5.69 Å². The van der Waals surface area contributed by atoms with Gasteiger partial charge in [-0.3, -0.25) is 4.79 Å². The van der Waals surface area contributed by atoms with Crippen molar-refractivity contribution in [3.63, 3.8) is 0 Å². The topological polar surface area (TPSA) is 46.9 Å². The number of hydrogen-bond donors (Lipinski definition) is 1. The number of carbonyl (C=O) groups excluding carboxylic acids is 1. The molecule has 19 heavy (non-hydrogen) atoms. The van der Waals surface area contributed by atoms with Crippen LogP contribution in [0.25, 0.3) is 5.69 Å². The molecule has 0 spiro atoms. The summed E-state index contributed by atoms with van der Waals surface area (Å²) in [6.07, 6.45) is 0.884. The molecule has 0 fully saturated rings. The van der Waals surface area contributed by atoms with E-state index in [1.54, 1.807) is 11.6 Å². The molecule has 0 aliphatic rings. The van der Waals surface area contributed by atoms with Gasteiger partial charge in [0.25, 0.3) is 5.91 Å². The Hall–Kier alpha value is -1.81. The number of aryl methyl sites for hydroxylation is 1. The van der Waals surface area contributed by atoms with Crippen molar-refractivity contribution < 1.29 is 4.79 Å². The quantitative estimate of drug-likeness (QED) is 0.934. The summed E-state index contributed by atoms with van der Waals surface area (Å²) in [6.45, 7) is 4.42. The number of hydrogen-bond acceptors (Lipinski definition) is 2. The number of carbonyl (C=O) groups is 1. The molecule has 0 saturated carbocycles. The summed E-state index contributed by atoms with van der Waals surface area (Å²) in [6, 6.07) is 9.51. The van der Waals surface area contributed by atoms with Crippen LogP contribution in [-0.2, 0) is 0 Å². The average Bonchev–Trinajstić information content (AvgIpc) is 2.72. The maximum absolute atomic E-state index is 12.0. The summed E-state index contributed by atoms with van der Waals surface area (Å²) in [5.74, 6) is -0.175. The molecule has 4 nitrogen and oxygen atoms in total. The largest absolute Gasteiger partial charge is 0.352 e. The lowest BCUT2D eigenvalue weighted by Gasteiger charge is -2.04. The predicted octanol–water partition coefficient (Wildman–Crippen LogP) is 2.97. The summed E-state index contributed by atoms with van der Waals surface area (Å²) in [4.78, 5) is 12.0. The van der Waals surface area contributed by atoms with E-state index in [0.29, 0.717) is 23.0 Å². The highest BCUT2D eigenvalue weighted by atomic mass is 35.5. The first-order chi connectivity index (χ1) is 9.15. The number of halogens is 1. The zero-order valence-electron chi connectivity index (χ0n) is 11.0. The molecule has 0 unspecified atom stereocenters. The molecule has 5 heteroatoms. The van der Waals surface area contributed by atoms with E-state index in [9.17, 15) is 4.79 Å². The minimum atomic E-state index is -0.175. The van der Waals surface area contributed by atoms with Gasteiger partial charge in [0.15, 0.2) is 0 Å². The molecule has 1 heterocycles.